The van der Waals surface area contributed by atoms with E-state index in [1.54, 1.807) is 36.4 Å². The molecule has 7 heteroatoms. The first-order valence-corrected chi connectivity index (χ1v) is 8.36. The second kappa shape index (κ2) is 9.31. The Morgan fingerprint density at radius 3 is 2.27 bits per heavy atom. The van der Waals surface area contributed by atoms with Crippen molar-refractivity contribution in [2.24, 2.45) is 0 Å². The molecule has 0 aromatic heterocycles. The molecular formula is C19H22ClNO5. The van der Waals surface area contributed by atoms with Crippen molar-refractivity contribution in [3.8, 4) is 17.2 Å². The fourth-order valence-electron chi connectivity index (χ4n) is 2.55. The lowest BCUT2D eigenvalue weighted by atomic mass is 10.1. The first-order chi connectivity index (χ1) is 12.5. The van der Waals surface area contributed by atoms with Gasteiger partial charge in [-0.05, 0) is 23.8 Å². The van der Waals surface area contributed by atoms with E-state index in [0.29, 0.717) is 33.4 Å². The van der Waals surface area contributed by atoms with E-state index in [1.165, 1.54) is 21.3 Å². The van der Waals surface area contributed by atoms with Crippen molar-refractivity contribution < 1.29 is 24.1 Å². The highest BCUT2D eigenvalue weighted by Gasteiger charge is 2.18. The van der Waals surface area contributed by atoms with Crippen LogP contribution in [0.5, 0.6) is 17.2 Å². The average molecular weight is 380 g/mol. The fraction of sp³-hybridized carbons (Fsp3) is 0.316. The van der Waals surface area contributed by atoms with E-state index in [2.05, 4.69) is 5.32 Å². The number of hydrogen-bond acceptors (Lipinski definition) is 5. The summed E-state index contributed by atoms with van der Waals surface area (Å²) in [6, 6.07) is 10.3. The highest BCUT2D eigenvalue weighted by atomic mass is 35.5. The highest BCUT2D eigenvalue weighted by molar-refractivity contribution is 6.30. The third-order valence-electron chi connectivity index (χ3n) is 3.88. The molecule has 0 fully saturated rings. The molecular weight excluding hydrogens is 358 g/mol. The molecule has 2 aromatic rings. The molecule has 6 nitrogen and oxygen atoms in total. The maximum atomic E-state index is 12.3. The van der Waals surface area contributed by atoms with Crippen molar-refractivity contribution in [3.63, 3.8) is 0 Å². The molecule has 0 saturated carbocycles. The number of carbonyl (C=O) groups excluding carboxylic acids is 1. The standard InChI is InChI=1S/C19H22ClNO5/c1-24-16-9-6-13(18(25-2)19(16)26-3)10-17(23)21-11-15(22)12-4-7-14(20)8-5-12/h4-9,15,22H,10-11H2,1-3H3,(H,21,23)/t15-/m1/s1. The molecule has 1 atom stereocenters. The molecule has 26 heavy (non-hydrogen) atoms. The van der Waals surface area contributed by atoms with Gasteiger partial charge in [0.05, 0.1) is 33.9 Å². The molecule has 140 valence electrons. The Kier molecular flexibility index (Phi) is 7.12. The molecule has 2 N–H and O–H groups in total. The topological polar surface area (TPSA) is 77.0 Å². The summed E-state index contributed by atoms with van der Waals surface area (Å²) in [5.41, 5.74) is 1.34. The van der Waals surface area contributed by atoms with E-state index in [9.17, 15) is 9.90 Å². The maximum Gasteiger partial charge on any atom is 0.224 e. The minimum Gasteiger partial charge on any atom is -0.493 e. The van der Waals surface area contributed by atoms with Crippen LogP contribution >= 0.6 is 11.6 Å². The molecule has 0 heterocycles. The Hall–Kier alpha value is -2.44. The maximum absolute atomic E-state index is 12.3. The summed E-state index contributed by atoms with van der Waals surface area (Å²) in [6.45, 7) is 0.0933. The van der Waals surface area contributed by atoms with Crippen molar-refractivity contribution in [2.75, 3.05) is 27.9 Å². The van der Waals surface area contributed by atoms with Crippen molar-refractivity contribution in [1.82, 2.24) is 5.32 Å². The van der Waals surface area contributed by atoms with E-state index in [1.807, 2.05) is 0 Å². The quantitative estimate of drug-likeness (QED) is 0.737. The summed E-state index contributed by atoms with van der Waals surface area (Å²) in [7, 11) is 4.54. The van der Waals surface area contributed by atoms with E-state index in [4.69, 9.17) is 25.8 Å². The molecule has 0 aliphatic rings. The predicted molar refractivity (Wildman–Crippen MR) is 99.2 cm³/mol. The van der Waals surface area contributed by atoms with Crippen LogP contribution < -0.4 is 19.5 Å². The third kappa shape index (κ3) is 4.80. The Bertz CT molecular complexity index is 748. The Labute approximate surface area is 157 Å². The zero-order valence-corrected chi connectivity index (χ0v) is 15.7. The van der Waals surface area contributed by atoms with Crippen molar-refractivity contribution in [3.05, 3.63) is 52.5 Å². The van der Waals surface area contributed by atoms with Crippen LogP contribution in [0, 0.1) is 0 Å². The summed E-state index contributed by atoms with van der Waals surface area (Å²) in [5, 5.41) is 13.5. The normalized spacial score (nSPS) is 11.6. The number of aliphatic hydroxyl groups is 1. The van der Waals surface area contributed by atoms with Gasteiger partial charge in [0.1, 0.15) is 0 Å². The first-order valence-electron chi connectivity index (χ1n) is 7.98. The lowest BCUT2D eigenvalue weighted by Crippen LogP contribution is -2.29. The zero-order chi connectivity index (χ0) is 19.1. The molecule has 0 saturated heterocycles. The smallest absolute Gasteiger partial charge is 0.224 e. The Balaban J connectivity index is 2.02. The van der Waals surface area contributed by atoms with Gasteiger partial charge in [-0.2, -0.15) is 0 Å². The van der Waals surface area contributed by atoms with E-state index in [-0.39, 0.29) is 18.9 Å². The summed E-state index contributed by atoms with van der Waals surface area (Å²) in [4.78, 5) is 12.3. The van der Waals surface area contributed by atoms with Crippen molar-refractivity contribution in [2.45, 2.75) is 12.5 Å². The molecule has 0 radical (unpaired) electrons. The Morgan fingerprint density at radius 2 is 1.69 bits per heavy atom. The highest BCUT2D eigenvalue weighted by Crippen LogP contribution is 2.39. The number of hydrogen-bond donors (Lipinski definition) is 2. The van der Waals surface area contributed by atoms with Crippen molar-refractivity contribution in [1.29, 1.82) is 0 Å². The SMILES string of the molecule is COc1ccc(CC(=O)NC[C@@H](O)c2ccc(Cl)cc2)c(OC)c1OC. The Morgan fingerprint density at radius 1 is 1.04 bits per heavy atom. The molecule has 0 bridgehead atoms. The van der Waals surface area contributed by atoms with Gasteiger partial charge in [0.15, 0.2) is 11.5 Å². The second-order valence-electron chi connectivity index (χ2n) is 5.54. The second-order valence-corrected chi connectivity index (χ2v) is 5.98. The first kappa shape index (κ1) is 19.9. The van der Waals surface area contributed by atoms with Gasteiger partial charge in [0, 0.05) is 17.1 Å². The van der Waals surface area contributed by atoms with Crippen LogP contribution in [0.2, 0.25) is 5.02 Å². The van der Waals surface area contributed by atoms with Gasteiger partial charge < -0.3 is 24.6 Å². The number of aliphatic hydroxyl groups excluding tert-OH is 1. The van der Waals surface area contributed by atoms with E-state index in [0.717, 1.165) is 0 Å². The van der Waals surface area contributed by atoms with Gasteiger partial charge in [-0.15, -0.1) is 0 Å². The average Bonchev–Trinajstić information content (AvgIpc) is 2.66. The lowest BCUT2D eigenvalue weighted by Gasteiger charge is -2.16. The number of carbonyl (C=O) groups is 1. The van der Waals surface area contributed by atoms with Crippen LogP contribution in [0.15, 0.2) is 36.4 Å². The zero-order valence-electron chi connectivity index (χ0n) is 14.9. The summed E-state index contributed by atoms with van der Waals surface area (Å²) in [5.74, 6) is 1.15. The number of benzene rings is 2. The molecule has 0 unspecified atom stereocenters. The van der Waals surface area contributed by atoms with E-state index < -0.39 is 6.10 Å². The molecule has 0 spiro atoms. The minimum atomic E-state index is -0.816. The fourth-order valence-corrected chi connectivity index (χ4v) is 2.68. The van der Waals surface area contributed by atoms with Crippen LogP contribution in [0.4, 0.5) is 0 Å². The van der Waals surface area contributed by atoms with Crippen LogP contribution in [-0.4, -0.2) is 38.9 Å². The molecule has 0 aliphatic carbocycles. The number of ether oxygens (including phenoxy) is 3. The van der Waals surface area contributed by atoms with Crippen LogP contribution in [0.1, 0.15) is 17.2 Å². The van der Waals surface area contributed by atoms with Gasteiger partial charge >= 0.3 is 0 Å². The largest absolute Gasteiger partial charge is 0.493 e. The number of nitrogens with one attached hydrogen (secondary N) is 1. The van der Waals surface area contributed by atoms with Gasteiger partial charge in [0.25, 0.3) is 0 Å². The molecule has 2 rings (SSSR count). The minimum absolute atomic E-state index is 0.0802. The molecule has 0 aliphatic heterocycles. The summed E-state index contributed by atoms with van der Waals surface area (Å²) < 4.78 is 15.9. The summed E-state index contributed by atoms with van der Waals surface area (Å²) in [6.07, 6.45) is -0.736. The van der Waals surface area contributed by atoms with Gasteiger partial charge in [0.2, 0.25) is 11.7 Å². The number of halogens is 1. The van der Waals surface area contributed by atoms with E-state index >= 15 is 0 Å². The number of rotatable bonds is 8. The van der Waals surface area contributed by atoms with Crippen LogP contribution in [-0.2, 0) is 11.2 Å². The van der Waals surface area contributed by atoms with Crippen molar-refractivity contribution >= 4 is 17.5 Å². The number of amides is 1. The number of methoxy groups -OCH3 is 3. The lowest BCUT2D eigenvalue weighted by molar-refractivity contribution is -0.120. The summed E-state index contributed by atoms with van der Waals surface area (Å²) >= 11 is 5.83. The van der Waals surface area contributed by atoms with Gasteiger partial charge in [-0.3, -0.25) is 4.79 Å². The van der Waals surface area contributed by atoms with Crippen LogP contribution in [0.25, 0.3) is 0 Å². The molecule has 2 aromatic carbocycles. The van der Waals surface area contributed by atoms with Gasteiger partial charge in [-0.25, -0.2) is 0 Å². The van der Waals surface area contributed by atoms with Gasteiger partial charge in [-0.1, -0.05) is 29.8 Å². The monoisotopic (exact) mass is 379 g/mol. The third-order valence-corrected chi connectivity index (χ3v) is 4.14. The predicted octanol–water partition coefficient (Wildman–Crippen LogP) is 2.76. The van der Waals surface area contributed by atoms with Crippen LogP contribution in [0.3, 0.4) is 0 Å². The molecule has 1 amide bonds.